The maximum Gasteiger partial charge on any atom is 0.322 e. The number of hydrogen-bond acceptors (Lipinski definition) is 7. The summed E-state index contributed by atoms with van der Waals surface area (Å²) in [5, 5.41) is 5.22. The van der Waals surface area contributed by atoms with Gasteiger partial charge in [-0.15, -0.1) is 11.3 Å². The van der Waals surface area contributed by atoms with Crippen molar-refractivity contribution in [3.63, 3.8) is 0 Å². The van der Waals surface area contributed by atoms with Gasteiger partial charge in [0.25, 0.3) is 0 Å². The number of nitrogens with one attached hydrogen (secondary N) is 1. The lowest BCUT2D eigenvalue weighted by Gasteiger charge is -2.17. The summed E-state index contributed by atoms with van der Waals surface area (Å²) in [6, 6.07) is 2.41. The molecule has 2 aromatic rings. The van der Waals surface area contributed by atoms with Crippen molar-refractivity contribution < 1.29 is 4.74 Å². The van der Waals surface area contributed by atoms with Gasteiger partial charge in [-0.05, 0) is 28.4 Å². The SMILES string of the molecule is CCCNc1nc(OC)nc(N(C)Cc2cc(Br)cs2)n1. The van der Waals surface area contributed by atoms with E-state index in [-0.39, 0.29) is 0 Å². The summed E-state index contributed by atoms with van der Waals surface area (Å²) >= 11 is 5.16. The van der Waals surface area contributed by atoms with Gasteiger partial charge in [-0.1, -0.05) is 6.92 Å². The van der Waals surface area contributed by atoms with Gasteiger partial charge in [0, 0.05) is 28.3 Å². The average Bonchev–Trinajstić information content (AvgIpc) is 2.89. The Morgan fingerprint density at radius 1 is 1.38 bits per heavy atom. The van der Waals surface area contributed by atoms with Gasteiger partial charge in [0.05, 0.1) is 13.7 Å². The molecule has 0 radical (unpaired) electrons. The molecule has 8 heteroatoms. The highest BCUT2D eigenvalue weighted by Gasteiger charge is 2.12. The zero-order valence-electron chi connectivity index (χ0n) is 12.3. The van der Waals surface area contributed by atoms with Gasteiger partial charge < -0.3 is 15.0 Å². The van der Waals surface area contributed by atoms with Crippen molar-refractivity contribution in [1.29, 1.82) is 0 Å². The molecule has 6 nitrogen and oxygen atoms in total. The van der Waals surface area contributed by atoms with E-state index in [0.29, 0.717) is 17.9 Å². The van der Waals surface area contributed by atoms with E-state index in [1.54, 1.807) is 18.4 Å². The molecule has 0 spiro atoms. The third-order valence-electron chi connectivity index (χ3n) is 2.67. The zero-order valence-corrected chi connectivity index (χ0v) is 14.7. The van der Waals surface area contributed by atoms with Gasteiger partial charge in [0.1, 0.15) is 0 Å². The van der Waals surface area contributed by atoms with E-state index in [0.717, 1.165) is 24.0 Å². The van der Waals surface area contributed by atoms with Crippen LogP contribution in [0.4, 0.5) is 11.9 Å². The van der Waals surface area contributed by atoms with Gasteiger partial charge in [-0.2, -0.15) is 15.0 Å². The summed E-state index contributed by atoms with van der Waals surface area (Å²) in [4.78, 5) is 16.1. The molecule has 0 fully saturated rings. The number of hydrogen-bond donors (Lipinski definition) is 1. The largest absolute Gasteiger partial charge is 0.467 e. The Bertz CT molecular complexity index is 592. The molecule has 2 rings (SSSR count). The lowest BCUT2D eigenvalue weighted by Crippen LogP contribution is -2.20. The Balaban J connectivity index is 2.16. The van der Waals surface area contributed by atoms with Gasteiger partial charge in [0.15, 0.2) is 0 Å². The molecule has 0 aromatic carbocycles. The number of ether oxygens (including phenoxy) is 1. The van der Waals surface area contributed by atoms with Gasteiger partial charge >= 0.3 is 6.01 Å². The van der Waals surface area contributed by atoms with Crippen LogP contribution < -0.4 is 15.0 Å². The van der Waals surface area contributed by atoms with E-state index in [4.69, 9.17) is 4.74 Å². The van der Waals surface area contributed by atoms with Crippen LogP contribution in [0.2, 0.25) is 0 Å². The van der Waals surface area contributed by atoms with Crippen LogP contribution in [0, 0.1) is 0 Å². The molecule has 1 N–H and O–H groups in total. The highest BCUT2D eigenvalue weighted by molar-refractivity contribution is 9.10. The van der Waals surface area contributed by atoms with E-state index in [1.165, 1.54) is 4.88 Å². The number of aromatic nitrogens is 3. The molecule has 0 bridgehead atoms. The highest BCUT2D eigenvalue weighted by atomic mass is 79.9. The summed E-state index contributed by atoms with van der Waals surface area (Å²) in [6.45, 7) is 3.64. The molecule has 0 amide bonds. The second kappa shape index (κ2) is 7.56. The first-order valence-corrected chi connectivity index (χ1v) is 8.27. The van der Waals surface area contributed by atoms with Gasteiger partial charge in [-0.3, -0.25) is 0 Å². The highest BCUT2D eigenvalue weighted by Crippen LogP contribution is 2.22. The second-order valence-electron chi connectivity index (χ2n) is 4.46. The van der Waals surface area contributed by atoms with Crippen LogP contribution in [0.5, 0.6) is 6.01 Å². The van der Waals surface area contributed by atoms with E-state index in [2.05, 4.69) is 54.6 Å². The third-order valence-corrected chi connectivity index (χ3v) is 4.36. The van der Waals surface area contributed by atoms with Gasteiger partial charge in [-0.25, -0.2) is 0 Å². The number of methoxy groups -OCH3 is 1. The zero-order chi connectivity index (χ0) is 15.2. The molecule has 2 heterocycles. The maximum atomic E-state index is 5.15. The van der Waals surface area contributed by atoms with Crippen molar-refractivity contribution >= 4 is 39.2 Å². The van der Waals surface area contributed by atoms with Crippen LogP contribution in [0.1, 0.15) is 18.2 Å². The fourth-order valence-corrected chi connectivity index (χ4v) is 3.17. The first kappa shape index (κ1) is 16.0. The van der Waals surface area contributed by atoms with Gasteiger partial charge in [0.2, 0.25) is 11.9 Å². The molecule has 0 aliphatic rings. The molecular weight excluding hydrogens is 354 g/mol. The number of anilines is 2. The van der Waals surface area contributed by atoms with E-state index in [1.807, 2.05) is 11.9 Å². The Morgan fingerprint density at radius 2 is 2.19 bits per heavy atom. The smallest absolute Gasteiger partial charge is 0.322 e. The summed E-state index contributed by atoms with van der Waals surface area (Å²) in [7, 11) is 3.51. The Morgan fingerprint density at radius 3 is 2.81 bits per heavy atom. The summed E-state index contributed by atoms with van der Waals surface area (Å²) < 4.78 is 6.24. The molecule has 0 aliphatic heterocycles. The monoisotopic (exact) mass is 371 g/mol. The van der Waals surface area contributed by atoms with Crippen molar-refractivity contribution in [1.82, 2.24) is 15.0 Å². The van der Waals surface area contributed by atoms with Crippen LogP contribution in [0.15, 0.2) is 15.9 Å². The quantitative estimate of drug-likeness (QED) is 0.806. The number of rotatable bonds is 7. The van der Waals surface area contributed by atoms with Crippen molar-refractivity contribution in [3.05, 3.63) is 20.8 Å². The van der Waals surface area contributed by atoms with E-state index >= 15 is 0 Å². The van der Waals surface area contributed by atoms with Crippen LogP contribution in [0.25, 0.3) is 0 Å². The molecule has 0 saturated carbocycles. The fourth-order valence-electron chi connectivity index (χ4n) is 1.66. The number of nitrogens with zero attached hydrogens (tertiary/aromatic N) is 4. The molecule has 0 atom stereocenters. The molecule has 21 heavy (non-hydrogen) atoms. The molecular formula is C13H18BrN5OS. The Labute approximate surface area is 136 Å². The van der Waals surface area contributed by atoms with Crippen molar-refractivity contribution in [2.45, 2.75) is 19.9 Å². The van der Waals surface area contributed by atoms with Crippen LogP contribution in [0.3, 0.4) is 0 Å². The molecule has 114 valence electrons. The lowest BCUT2D eigenvalue weighted by atomic mass is 10.4. The second-order valence-corrected chi connectivity index (χ2v) is 6.37. The number of thiophene rings is 1. The normalized spacial score (nSPS) is 10.5. The van der Waals surface area contributed by atoms with Crippen molar-refractivity contribution in [2.24, 2.45) is 0 Å². The summed E-state index contributed by atoms with van der Waals surface area (Å²) in [5.41, 5.74) is 0. The first-order chi connectivity index (χ1) is 10.1. The minimum Gasteiger partial charge on any atom is -0.467 e. The number of halogens is 1. The van der Waals surface area contributed by atoms with Crippen LogP contribution >= 0.6 is 27.3 Å². The fraction of sp³-hybridized carbons (Fsp3) is 0.462. The van der Waals surface area contributed by atoms with Crippen LogP contribution in [-0.2, 0) is 6.54 Å². The minimum atomic E-state index is 0.317. The Kier molecular flexibility index (Phi) is 5.75. The molecule has 0 saturated heterocycles. The first-order valence-electron chi connectivity index (χ1n) is 6.60. The van der Waals surface area contributed by atoms with Crippen molar-refractivity contribution in [2.75, 3.05) is 30.9 Å². The van der Waals surface area contributed by atoms with E-state index in [9.17, 15) is 0 Å². The topological polar surface area (TPSA) is 63.2 Å². The third kappa shape index (κ3) is 4.53. The maximum absolute atomic E-state index is 5.15. The lowest BCUT2D eigenvalue weighted by molar-refractivity contribution is 0.379. The van der Waals surface area contributed by atoms with Crippen molar-refractivity contribution in [3.8, 4) is 6.01 Å². The van der Waals surface area contributed by atoms with E-state index < -0.39 is 0 Å². The Hall–Kier alpha value is -1.41. The standard InChI is InChI=1S/C13H18BrN5OS/c1-4-5-15-11-16-12(18-13(17-11)20-3)19(2)7-10-6-9(14)8-21-10/h6,8H,4-5,7H2,1-3H3,(H,15,16,17,18). The average molecular weight is 372 g/mol. The predicted octanol–water partition coefficient (Wildman–Crippen LogP) is 3.16. The molecule has 0 unspecified atom stereocenters. The summed E-state index contributed by atoms with van der Waals surface area (Å²) in [6.07, 6.45) is 1.00. The summed E-state index contributed by atoms with van der Waals surface area (Å²) in [5.74, 6) is 1.13. The molecule has 2 aromatic heterocycles. The predicted molar refractivity (Wildman–Crippen MR) is 89.3 cm³/mol. The molecule has 0 aliphatic carbocycles. The minimum absolute atomic E-state index is 0.317. The van der Waals surface area contributed by atoms with Crippen LogP contribution in [-0.4, -0.2) is 35.7 Å².